The largest absolute Gasteiger partial charge is 0.374 e. The van der Waals surface area contributed by atoms with E-state index in [9.17, 15) is 4.79 Å². The molecule has 0 aromatic carbocycles. The minimum absolute atomic E-state index is 0.174. The first-order valence-electron chi connectivity index (χ1n) is 7.50. The van der Waals surface area contributed by atoms with Crippen LogP contribution < -0.4 is 5.32 Å². The summed E-state index contributed by atoms with van der Waals surface area (Å²) < 4.78 is 5.18. The van der Waals surface area contributed by atoms with Crippen LogP contribution in [0.5, 0.6) is 0 Å². The fourth-order valence-electron chi connectivity index (χ4n) is 2.04. The lowest BCUT2D eigenvalue weighted by atomic mass is 10.2. The van der Waals surface area contributed by atoms with E-state index in [0.717, 1.165) is 5.56 Å². The first-order chi connectivity index (χ1) is 12.1. The third-order valence-corrected chi connectivity index (χ3v) is 4.51. The highest BCUT2D eigenvalue weighted by molar-refractivity contribution is 7.15. The molecule has 0 aliphatic carbocycles. The molecule has 1 N–H and O–H groups in total. The van der Waals surface area contributed by atoms with Gasteiger partial charge in [0.25, 0.3) is 5.91 Å². The number of rotatable bonds is 5. The molecule has 0 saturated heterocycles. The van der Waals surface area contributed by atoms with Gasteiger partial charge in [-0.2, -0.15) is 0 Å². The van der Waals surface area contributed by atoms with Gasteiger partial charge in [0.1, 0.15) is 11.1 Å². The van der Waals surface area contributed by atoms with E-state index in [-0.39, 0.29) is 12.0 Å². The quantitative estimate of drug-likeness (QED) is 0.749. The predicted molar refractivity (Wildman–Crippen MR) is 93.3 cm³/mol. The van der Waals surface area contributed by atoms with E-state index in [2.05, 4.69) is 30.5 Å². The van der Waals surface area contributed by atoms with Crippen LogP contribution in [-0.4, -0.2) is 38.2 Å². The Morgan fingerprint density at radius 3 is 2.84 bits per heavy atom. The van der Waals surface area contributed by atoms with Gasteiger partial charge in [-0.25, -0.2) is 9.97 Å². The number of methoxy groups -OCH3 is 1. The van der Waals surface area contributed by atoms with Gasteiger partial charge in [0, 0.05) is 31.3 Å². The number of carbonyl (C=O) groups excluding carboxylic acids is 1. The number of aromatic nitrogens is 5. The molecule has 25 heavy (non-hydrogen) atoms. The fraction of sp³-hybridized carbons (Fsp3) is 0.250. The van der Waals surface area contributed by atoms with Crippen molar-refractivity contribution in [3.8, 4) is 11.4 Å². The summed E-state index contributed by atoms with van der Waals surface area (Å²) in [6, 6.07) is 3.67. The van der Waals surface area contributed by atoms with Gasteiger partial charge < -0.3 is 4.74 Å². The molecule has 3 aromatic rings. The van der Waals surface area contributed by atoms with Crippen molar-refractivity contribution in [3.63, 3.8) is 0 Å². The summed E-state index contributed by atoms with van der Waals surface area (Å²) in [5.74, 6) is 0.192. The monoisotopic (exact) mass is 356 g/mol. The highest BCUT2D eigenvalue weighted by atomic mass is 32.1. The Hall–Kier alpha value is -2.78. The minimum atomic E-state index is -0.331. The Balaban J connectivity index is 1.77. The van der Waals surface area contributed by atoms with Crippen LogP contribution >= 0.6 is 11.3 Å². The third-order valence-electron chi connectivity index (χ3n) is 3.51. The Bertz CT molecular complexity index is 883. The molecule has 0 fully saturated rings. The average molecular weight is 356 g/mol. The molecule has 0 spiro atoms. The zero-order chi connectivity index (χ0) is 17.8. The van der Waals surface area contributed by atoms with Crippen LogP contribution in [0.2, 0.25) is 0 Å². The number of carbonyl (C=O) groups is 1. The smallest absolute Gasteiger partial charge is 0.260 e. The van der Waals surface area contributed by atoms with Gasteiger partial charge in [0.05, 0.1) is 11.3 Å². The van der Waals surface area contributed by atoms with Crippen molar-refractivity contribution in [2.75, 3.05) is 12.4 Å². The molecule has 0 aliphatic rings. The summed E-state index contributed by atoms with van der Waals surface area (Å²) in [6.07, 6.45) is 4.68. The number of hydrogen-bond donors (Lipinski definition) is 1. The highest BCUT2D eigenvalue weighted by Crippen LogP contribution is 2.24. The molecular weight excluding hydrogens is 340 g/mol. The van der Waals surface area contributed by atoms with E-state index >= 15 is 0 Å². The van der Waals surface area contributed by atoms with Crippen molar-refractivity contribution in [2.45, 2.75) is 20.0 Å². The second-order valence-electron chi connectivity index (χ2n) is 5.21. The molecule has 1 atom stereocenters. The molecule has 0 bridgehead atoms. The van der Waals surface area contributed by atoms with Crippen LogP contribution in [0.3, 0.4) is 0 Å². The fourth-order valence-corrected chi connectivity index (χ4v) is 2.81. The summed E-state index contributed by atoms with van der Waals surface area (Å²) in [4.78, 5) is 25.1. The van der Waals surface area contributed by atoms with Crippen molar-refractivity contribution in [1.82, 2.24) is 25.1 Å². The molecule has 1 unspecified atom stereocenters. The molecule has 3 rings (SSSR count). The lowest BCUT2D eigenvalue weighted by Gasteiger charge is -2.06. The summed E-state index contributed by atoms with van der Waals surface area (Å²) in [7, 11) is 1.59. The van der Waals surface area contributed by atoms with E-state index in [1.54, 1.807) is 26.4 Å². The first-order valence-corrected chi connectivity index (χ1v) is 8.31. The molecule has 9 heteroatoms. The number of anilines is 1. The van der Waals surface area contributed by atoms with Crippen molar-refractivity contribution in [1.29, 1.82) is 0 Å². The number of ether oxygens (including phenoxy) is 1. The number of nitrogens with zero attached hydrogens (tertiary/aromatic N) is 5. The van der Waals surface area contributed by atoms with Gasteiger partial charge in [-0.15, -0.1) is 10.2 Å². The topological polar surface area (TPSA) is 103 Å². The van der Waals surface area contributed by atoms with Crippen LogP contribution in [0.4, 0.5) is 5.13 Å². The van der Waals surface area contributed by atoms with E-state index in [4.69, 9.17) is 4.74 Å². The van der Waals surface area contributed by atoms with Crippen LogP contribution in [0.25, 0.3) is 11.4 Å². The summed E-state index contributed by atoms with van der Waals surface area (Å²) >= 11 is 1.27. The number of pyridine rings is 1. The summed E-state index contributed by atoms with van der Waals surface area (Å²) in [5, 5.41) is 11.8. The maximum atomic E-state index is 12.4. The number of nitrogens with one attached hydrogen (secondary N) is 1. The second-order valence-corrected chi connectivity index (χ2v) is 6.22. The third kappa shape index (κ3) is 3.83. The van der Waals surface area contributed by atoms with Crippen molar-refractivity contribution in [2.24, 2.45) is 0 Å². The van der Waals surface area contributed by atoms with E-state index < -0.39 is 0 Å². The molecule has 8 nitrogen and oxygen atoms in total. The van der Waals surface area contributed by atoms with Crippen LogP contribution in [0, 0.1) is 6.92 Å². The molecule has 0 aliphatic heterocycles. The zero-order valence-electron chi connectivity index (χ0n) is 13.9. The van der Waals surface area contributed by atoms with Gasteiger partial charge in [-0.1, -0.05) is 11.3 Å². The highest BCUT2D eigenvalue weighted by Gasteiger charge is 2.16. The Labute approximate surface area is 148 Å². The number of aryl methyl sites for hydroxylation is 1. The minimum Gasteiger partial charge on any atom is -0.374 e. The van der Waals surface area contributed by atoms with Gasteiger partial charge in [-0.05, 0) is 26.0 Å². The Kier molecular flexibility index (Phi) is 5.05. The Morgan fingerprint density at radius 1 is 1.32 bits per heavy atom. The first kappa shape index (κ1) is 17.1. The van der Waals surface area contributed by atoms with Gasteiger partial charge >= 0.3 is 0 Å². The average Bonchev–Trinajstić information content (AvgIpc) is 3.10. The van der Waals surface area contributed by atoms with Crippen LogP contribution in [0.1, 0.15) is 34.1 Å². The number of hydrogen-bond acceptors (Lipinski definition) is 8. The van der Waals surface area contributed by atoms with Crippen molar-refractivity contribution >= 4 is 22.4 Å². The standard InChI is InChI=1S/C16H16N6O2S/c1-9-12(8-18-13(19-9)11-5-4-6-17-7-11)14(23)20-16-22-21-15(25-16)10(2)24-3/h4-8,10H,1-3H3,(H,20,22,23). The molecule has 0 radical (unpaired) electrons. The summed E-state index contributed by atoms with van der Waals surface area (Å²) in [6.45, 7) is 3.62. The van der Waals surface area contributed by atoms with E-state index in [1.165, 1.54) is 17.5 Å². The number of amides is 1. The lowest BCUT2D eigenvalue weighted by Crippen LogP contribution is -2.15. The van der Waals surface area contributed by atoms with Gasteiger partial charge in [-0.3, -0.25) is 15.1 Å². The summed E-state index contributed by atoms with van der Waals surface area (Å²) in [5.41, 5.74) is 1.74. The van der Waals surface area contributed by atoms with Crippen LogP contribution in [0.15, 0.2) is 30.7 Å². The molecule has 128 valence electrons. The Morgan fingerprint density at radius 2 is 2.16 bits per heavy atom. The van der Waals surface area contributed by atoms with Crippen molar-refractivity contribution < 1.29 is 9.53 Å². The SMILES string of the molecule is COC(C)c1nnc(NC(=O)c2cnc(-c3cccnc3)nc2C)s1. The molecule has 3 aromatic heterocycles. The second kappa shape index (κ2) is 7.41. The zero-order valence-corrected chi connectivity index (χ0v) is 14.7. The predicted octanol–water partition coefficient (Wildman–Crippen LogP) is 2.66. The van der Waals surface area contributed by atoms with Gasteiger partial charge in [0.15, 0.2) is 5.82 Å². The molecule has 3 heterocycles. The van der Waals surface area contributed by atoms with Crippen LogP contribution in [-0.2, 0) is 4.74 Å². The lowest BCUT2D eigenvalue weighted by molar-refractivity contribution is 0.102. The molecule has 0 saturated carbocycles. The maximum Gasteiger partial charge on any atom is 0.260 e. The molecular formula is C16H16N6O2S. The van der Waals surface area contributed by atoms with Gasteiger partial charge in [0.2, 0.25) is 5.13 Å². The normalized spacial score (nSPS) is 12.0. The van der Waals surface area contributed by atoms with E-state index in [0.29, 0.717) is 27.2 Å². The van der Waals surface area contributed by atoms with E-state index in [1.807, 2.05) is 19.1 Å². The molecule has 1 amide bonds. The van der Waals surface area contributed by atoms with Crippen molar-refractivity contribution in [3.05, 3.63) is 47.0 Å². The maximum absolute atomic E-state index is 12.4.